The van der Waals surface area contributed by atoms with Gasteiger partial charge in [-0.15, -0.1) is 0 Å². The van der Waals surface area contributed by atoms with Crippen molar-refractivity contribution in [1.29, 1.82) is 0 Å². The molecule has 2 heterocycles. The average molecular weight is 279 g/mol. The first kappa shape index (κ1) is 15.5. The molecule has 20 heavy (non-hydrogen) atoms. The van der Waals surface area contributed by atoms with E-state index in [1.165, 1.54) is 25.1 Å². The predicted octanol–water partition coefficient (Wildman–Crippen LogP) is 2.31. The Morgan fingerprint density at radius 3 is 2.65 bits per heavy atom. The molecule has 0 amide bonds. The van der Waals surface area contributed by atoms with Crippen molar-refractivity contribution in [2.24, 2.45) is 0 Å². The van der Waals surface area contributed by atoms with Gasteiger partial charge in [-0.05, 0) is 26.0 Å². The molecule has 1 saturated heterocycles. The second kappa shape index (κ2) is 7.81. The quantitative estimate of drug-likeness (QED) is 0.830. The van der Waals surface area contributed by atoms with E-state index in [-0.39, 0.29) is 0 Å². The van der Waals surface area contributed by atoms with E-state index in [0.717, 1.165) is 38.5 Å². The fourth-order valence-electron chi connectivity index (χ4n) is 2.71. The minimum absolute atomic E-state index is 0.715. The first-order valence-corrected chi connectivity index (χ1v) is 7.96. The highest BCUT2D eigenvalue weighted by Gasteiger charge is 2.20. The van der Waals surface area contributed by atoms with Gasteiger partial charge in [0.2, 0.25) is 0 Å². The highest BCUT2D eigenvalue weighted by atomic mass is 16.3. The van der Waals surface area contributed by atoms with E-state index in [9.17, 15) is 0 Å². The topological polar surface area (TPSA) is 31.7 Å². The van der Waals surface area contributed by atoms with Gasteiger partial charge in [-0.3, -0.25) is 9.80 Å². The summed E-state index contributed by atoms with van der Waals surface area (Å²) in [7, 11) is 0. The summed E-state index contributed by atoms with van der Waals surface area (Å²) in [6.07, 6.45) is 3.12. The minimum atomic E-state index is 0.715. The average Bonchev–Trinajstić information content (AvgIpc) is 2.92. The molecule has 0 bridgehead atoms. The van der Waals surface area contributed by atoms with Crippen LogP contribution in [-0.4, -0.2) is 48.6 Å². The predicted molar refractivity (Wildman–Crippen MR) is 82.7 cm³/mol. The van der Waals surface area contributed by atoms with Crippen LogP contribution in [0.3, 0.4) is 0 Å². The van der Waals surface area contributed by atoms with Gasteiger partial charge in [0.25, 0.3) is 0 Å². The summed E-state index contributed by atoms with van der Waals surface area (Å²) in [5.41, 5.74) is 1.25. The van der Waals surface area contributed by atoms with E-state index < -0.39 is 0 Å². The van der Waals surface area contributed by atoms with Crippen molar-refractivity contribution >= 4 is 0 Å². The number of nitrogens with one attached hydrogen (secondary N) is 1. The molecule has 1 atom stereocenters. The van der Waals surface area contributed by atoms with Gasteiger partial charge in [-0.1, -0.05) is 13.8 Å². The number of hydrogen-bond donors (Lipinski definition) is 1. The molecule has 1 aliphatic heterocycles. The smallest absolute Gasteiger partial charge is 0.118 e. The van der Waals surface area contributed by atoms with Crippen molar-refractivity contribution < 1.29 is 4.42 Å². The van der Waals surface area contributed by atoms with Crippen molar-refractivity contribution in [2.45, 2.75) is 46.3 Å². The van der Waals surface area contributed by atoms with Gasteiger partial charge in [0.05, 0.1) is 12.8 Å². The maximum Gasteiger partial charge on any atom is 0.118 e. The molecule has 0 aliphatic carbocycles. The number of piperazine rings is 1. The SMILES string of the molecule is CCNCc1coc(CN2CCN(C(C)CC)CC2)c1. The van der Waals surface area contributed by atoms with Crippen molar-refractivity contribution in [3.8, 4) is 0 Å². The molecule has 0 saturated carbocycles. The highest BCUT2D eigenvalue weighted by Crippen LogP contribution is 2.14. The van der Waals surface area contributed by atoms with Gasteiger partial charge in [0.1, 0.15) is 5.76 Å². The van der Waals surface area contributed by atoms with Crippen LogP contribution in [0.2, 0.25) is 0 Å². The van der Waals surface area contributed by atoms with Crippen molar-refractivity contribution in [1.82, 2.24) is 15.1 Å². The van der Waals surface area contributed by atoms with Crippen molar-refractivity contribution in [3.05, 3.63) is 23.7 Å². The third kappa shape index (κ3) is 4.33. The largest absolute Gasteiger partial charge is 0.468 e. The van der Waals surface area contributed by atoms with E-state index in [1.54, 1.807) is 0 Å². The van der Waals surface area contributed by atoms with E-state index in [2.05, 4.69) is 42.0 Å². The van der Waals surface area contributed by atoms with Crippen LogP contribution in [0.1, 0.15) is 38.5 Å². The molecule has 0 radical (unpaired) electrons. The summed E-state index contributed by atoms with van der Waals surface area (Å²) < 4.78 is 5.66. The standard InChI is InChI=1S/C16H29N3O/c1-4-14(3)19-8-6-18(7-9-19)12-16-10-15(13-20-16)11-17-5-2/h10,13-14,17H,4-9,11-12H2,1-3H3. The summed E-state index contributed by atoms with van der Waals surface area (Å²) >= 11 is 0. The summed E-state index contributed by atoms with van der Waals surface area (Å²) in [4.78, 5) is 5.09. The Morgan fingerprint density at radius 1 is 1.25 bits per heavy atom. The van der Waals surface area contributed by atoms with Crippen LogP contribution in [-0.2, 0) is 13.1 Å². The third-order valence-corrected chi connectivity index (χ3v) is 4.29. The summed E-state index contributed by atoms with van der Waals surface area (Å²) in [5, 5.41) is 3.33. The Bertz CT molecular complexity index is 383. The monoisotopic (exact) mass is 279 g/mol. The van der Waals surface area contributed by atoms with Crippen LogP contribution < -0.4 is 5.32 Å². The lowest BCUT2D eigenvalue weighted by molar-refractivity contribution is 0.0920. The molecule has 114 valence electrons. The number of furan rings is 1. The zero-order valence-electron chi connectivity index (χ0n) is 13.2. The van der Waals surface area contributed by atoms with Gasteiger partial charge in [-0.2, -0.15) is 0 Å². The van der Waals surface area contributed by atoms with Gasteiger partial charge >= 0.3 is 0 Å². The first-order valence-electron chi connectivity index (χ1n) is 7.96. The minimum Gasteiger partial charge on any atom is -0.468 e. The Kier molecular flexibility index (Phi) is 6.07. The second-order valence-electron chi connectivity index (χ2n) is 5.77. The summed E-state index contributed by atoms with van der Waals surface area (Å²) in [5.74, 6) is 1.09. The number of nitrogens with zero attached hydrogens (tertiary/aromatic N) is 2. The Balaban J connectivity index is 1.76. The molecule has 0 aromatic carbocycles. The lowest BCUT2D eigenvalue weighted by Crippen LogP contribution is -2.48. The lowest BCUT2D eigenvalue weighted by Gasteiger charge is -2.37. The van der Waals surface area contributed by atoms with Crippen LogP contribution >= 0.6 is 0 Å². The number of rotatable bonds is 7. The Labute approximate surface area is 123 Å². The van der Waals surface area contributed by atoms with Crippen molar-refractivity contribution in [3.63, 3.8) is 0 Å². The molecule has 1 fully saturated rings. The van der Waals surface area contributed by atoms with Crippen LogP contribution in [0.15, 0.2) is 16.7 Å². The van der Waals surface area contributed by atoms with Crippen LogP contribution in [0.5, 0.6) is 0 Å². The van der Waals surface area contributed by atoms with Gasteiger partial charge < -0.3 is 9.73 Å². The van der Waals surface area contributed by atoms with Gasteiger partial charge in [0, 0.05) is 44.3 Å². The molecule has 4 nitrogen and oxygen atoms in total. The summed E-state index contributed by atoms with van der Waals surface area (Å²) in [6.45, 7) is 14.2. The molecular formula is C16H29N3O. The van der Waals surface area contributed by atoms with E-state index in [1.807, 2.05) is 6.26 Å². The molecule has 1 unspecified atom stereocenters. The fraction of sp³-hybridized carbons (Fsp3) is 0.750. The van der Waals surface area contributed by atoms with Crippen LogP contribution in [0.25, 0.3) is 0 Å². The molecule has 4 heteroatoms. The van der Waals surface area contributed by atoms with Crippen LogP contribution in [0.4, 0.5) is 0 Å². The third-order valence-electron chi connectivity index (χ3n) is 4.29. The molecule has 1 aromatic heterocycles. The molecule has 1 aliphatic rings. The summed E-state index contributed by atoms with van der Waals surface area (Å²) in [6, 6.07) is 2.90. The zero-order valence-corrected chi connectivity index (χ0v) is 13.2. The zero-order chi connectivity index (χ0) is 14.4. The van der Waals surface area contributed by atoms with E-state index in [0.29, 0.717) is 6.04 Å². The normalized spacial score (nSPS) is 19.4. The fourth-order valence-corrected chi connectivity index (χ4v) is 2.71. The van der Waals surface area contributed by atoms with Gasteiger partial charge in [-0.25, -0.2) is 0 Å². The lowest BCUT2D eigenvalue weighted by atomic mass is 10.2. The number of hydrogen-bond acceptors (Lipinski definition) is 4. The Hall–Kier alpha value is -0.840. The van der Waals surface area contributed by atoms with Crippen LogP contribution in [0, 0.1) is 0 Å². The molecule has 1 N–H and O–H groups in total. The van der Waals surface area contributed by atoms with E-state index in [4.69, 9.17) is 4.42 Å². The maximum atomic E-state index is 5.66. The highest BCUT2D eigenvalue weighted by molar-refractivity contribution is 5.12. The van der Waals surface area contributed by atoms with Crippen molar-refractivity contribution in [2.75, 3.05) is 32.7 Å². The first-order chi connectivity index (χ1) is 9.72. The van der Waals surface area contributed by atoms with Gasteiger partial charge in [0.15, 0.2) is 0 Å². The second-order valence-corrected chi connectivity index (χ2v) is 5.77. The maximum absolute atomic E-state index is 5.66. The Morgan fingerprint density at radius 2 is 2.00 bits per heavy atom. The molecular weight excluding hydrogens is 250 g/mol. The van der Waals surface area contributed by atoms with E-state index >= 15 is 0 Å². The molecule has 1 aromatic rings. The molecule has 0 spiro atoms. The molecule has 2 rings (SSSR count).